The number of pyridine rings is 1. The van der Waals surface area contributed by atoms with Crippen LogP contribution < -0.4 is 14.8 Å². The molecule has 7 nitrogen and oxygen atoms in total. The van der Waals surface area contributed by atoms with Crippen LogP contribution in [0.1, 0.15) is 29.9 Å². The molecule has 1 N–H and O–H groups in total. The van der Waals surface area contributed by atoms with Crippen LogP contribution in [-0.4, -0.2) is 46.7 Å². The first-order chi connectivity index (χ1) is 14.6. The quantitative estimate of drug-likeness (QED) is 0.717. The maximum absolute atomic E-state index is 5.37. The van der Waals surface area contributed by atoms with Crippen molar-refractivity contribution in [3.63, 3.8) is 0 Å². The largest absolute Gasteiger partial charge is 0.497 e. The van der Waals surface area contributed by atoms with Gasteiger partial charge in [-0.15, -0.1) is 0 Å². The summed E-state index contributed by atoms with van der Waals surface area (Å²) in [7, 11) is 3.36. The number of ether oxygens (including phenoxy) is 2. The highest BCUT2D eigenvalue weighted by atomic mass is 16.5. The Balaban J connectivity index is 1.40. The highest BCUT2D eigenvalue weighted by molar-refractivity contribution is 5.64. The van der Waals surface area contributed by atoms with E-state index in [0.717, 1.165) is 55.6 Å². The van der Waals surface area contributed by atoms with Gasteiger partial charge in [-0.3, -0.25) is 9.47 Å². The van der Waals surface area contributed by atoms with E-state index < -0.39 is 0 Å². The second-order valence-electron chi connectivity index (χ2n) is 8.09. The van der Waals surface area contributed by atoms with Crippen LogP contribution in [0.3, 0.4) is 0 Å². The van der Waals surface area contributed by atoms with E-state index in [4.69, 9.17) is 9.47 Å². The molecule has 0 amide bonds. The molecule has 1 fully saturated rings. The monoisotopic (exact) mass is 405 g/mol. The third-order valence-electron chi connectivity index (χ3n) is 6.32. The van der Waals surface area contributed by atoms with Gasteiger partial charge in [-0.05, 0) is 43.5 Å². The lowest BCUT2D eigenvalue weighted by Gasteiger charge is -2.45. The standard InChI is InChI=1S/C23H27N5O2/c1-16-24-14-20-23(26-19-7-8-21(30-3)25-22(19)28(16)20)9-11-27(12-10-23)15-17-5-4-6-18(13-17)29-2/h4-8,13-14,26H,9-12,15H2,1-3H3. The average Bonchev–Trinajstić information content (AvgIpc) is 3.18. The minimum absolute atomic E-state index is 0.130. The minimum atomic E-state index is -0.130. The van der Waals surface area contributed by atoms with Crippen LogP contribution >= 0.6 is 0 Å². The molecule has 3 aromatic rings. The zero-order valence-corrected chi connectivity index (χ0v) is 17.7. The van der Waals surface area contributed by atoms with Crippen molar-refractivity contribution in [2.24, 2.45) is 0 Å². The van der Waals surface area contributed by atoms with Gasteiger partial charge in [-0.25, -0.2) is 4.98 Å². The van der Waals surface area contributed by atoms with Crippen LogP contribution in [-0.2, 0) is 12.1 Å². The van der Waals surface area contributed by atoms with Gasteiger partial charge in [0.25, 0.3) is 0 Å². The first-order valence-corrected chi connectivity index (χ1v) is 10.4. The molecule has 0 atom stereocenters. The summed E-state index contributed by atoms with van der Waals surface area (Å²) < 4.78 is 12.9. The summed E-state index contributed by atoms with van der Waals surface area (Å²) in [6, 6.07) is 12.3. The SMILES string of the molecule is COc1cccc(CN2CCC3(CC2)Nc2ccc(OC)nc2-n2c3cnc2C)c1. The topological polar surface area (TPSA) is 64.4 Å². The number of nitrogens with zero attached hydrogens (tertiary/aromatic N) is 4. The van der Waals surface area contributed by atoms with E-state index in [-0.39, 0.29) is 5.54 Å². The Morgan fingerprint density at radius 1 is 1.10 bits per heavy atom. The number of nitrogens with one attached hydrogen (secondary N) is 1. The third kappa shape index (κ3) is 3.10. The Labute approximate surface area is 176 Å². The maximum Gasteiger partial charge on any atom is 0.215 e. The molecule has 0 unspecified atom stereocenters. The fraction of sp³-hybridized carbons (Fsp3) is 0.391. The van der Waals surface area contributed by atoms with Crippen molar-refractivity contribution in [3.8, 4) is 17.4 Å². The number of piperidine rings is 1. The summed E-state index contributed by atoms with van der Waals surface area (Å²) in [5.41, 5.74) is 3.37. The molecule has 5 rings (SSSR count). The van der Waals surface area contributed by atoms with Crippen LogP contribution in [0.25, 0.3) is 5.82 Å². The lowest BCUT2D eigenvalue weighted by molar-refractivity contribution is 0.161. The molecule has 0 radical (unpaired) electrons. The number of rotatable bonds is 4. The molecule has 2 aliphatic heterocycles. The molecule has 0 bridgehead atoms. The van der Waals surface area contributed by atoms with Gasteiger partial charge in [0.15, 0.2) is 5.82 Å². The van der Waals surface area contributed by atoms with E-state index in [2.05, 4.69) is 49.0 Å². The van der Waals surface area contributed by atoms with E-state index in [0.29, 0.717) is 5.88 Å². The summed E-state index contributed by atoms with van der Waals surface area (Å²) in [5, 5.41) is 3.81. The highest BCUT2D eigenvalue weighted by Gasteiger charge is 2.43. The Hall–Kier alpha value is -3.06. The van der Waals surface area contributed by atoms with Crippen molar-refractivity contribution >= 4 is 5.69 Å². The molecule has 1 spiro atoms. The summed E-state index contributed by atoms with van der Waals surface area (Å²) in [5.74, 6) is 3.34. The zero-order chi connectivity index (χ0) is 20.7. The molecule has 0 aliphatic carbocycles. The third-order valence-corrected chi connectivity index (χ3v) is 6.32. The van der Waals surface area contributed by atoms with Crippen LogP contribution in [0, 0.1) is 6.92 Å². The Kier molecular flexibility index (Phi) is 4.62. The van der Waals surface area contributed by atoms with Gasteiger partial charge in [0.1, 0.15) is 11.6 Å². The Morgan fingerprint density at radius 3 is 2.70 bits per heavy atom. The zero-order valence-electron chi connectivity index (χ0n) is 17.7. The van der Waals surface area contributed by atoms with Crippen LogP contribution in [0.5, 0.6) is 11.6 Å². The lowest BCUT2D eigenvalue weighted by atomic mass is 9.82. The number of anilines is 1. The second-order valence-corrected chi connectivity index (χ2v) is 8.09. The van der Waals surface area contributed by atoms with E-state index >= 15 is 0 Å². The predicted octanol–water partition coefficient (Wildman–Crippen LogP) is 3.51. The van der Waals surface area contributed by atoms with Gasteiger partial charge in [-0.1, -0.05) is 12.1 Å². The molecule has 7 heteroatoms. The maximum atomic E-state index is 5.37. The molecule has 156 valence electrons. The summed E-state index contributed by atoms with van der Waals surface area (Å²) >= 11 is 0. The molecular weight excluding hydrogens is 378 g/mol. The predicted molar refractivity (Wildman–Crippen MR) is 115 cm³/mol. The van der Waals surface area contributed by atoms with Gasteiger partial charge in [0.2, 0.25) is 5.88 Å². The van der Waals surface area contributed by atoms with Crippen molar-refractivity contribution in [1.82, 2.24) is 19.4 Å². The average molecular weight is 406 g/mol. The van der Waals surface area contributed by atoms with Crippen LogP contribution in [0.2, 0.25) is 0 Å². The van der Waals surface area contributed by atoms with Crippen molar-refractivity contribution in [3.05, 3.63) is 59.7 Å². The minimum Gasteiger partial charge on any atom is -0.497 e. The normalized spacial score (nSPS) is 17.2. The molecule has 1 aromatic carbocycles. The first kappa shape index (κ1) is 18.9. The van der Waals surface area contributed by atoms with E-state index in [9.17, 15) is 0 Å². The second kappa shape index (κ2) is 7.32. The number of imidazole rings is 1. The molecule has 0 saturated carbocycles. The van der Waals surface area contributed by atoms with Gasteiger partial charge in [0, 0.05) is 25.7 Å². The molecule has 2 aromatic heterocycles. The fourth-order valence-corrected chi connectivity index (χ4v) is 4.69. The van der Waals surface area contributed by atoms with Crippen LogP contribution in [0.15, 0.2) is 42.6 Å². The van der Waals surface area contributed by atoms with Gasteiger partial charge >= 0.3 is 0 Å². The summed E-state index contributed by atoms with van der Waals surface area (Å²) in [4.78, 5) is 11.8. The van der Waals surface area contributed by atoms with Crippen molar-refractivity contribution in [2.75, 3.05) is 32.6 Å². The molecular formula is C23H27N5O2. The van der Waals surface area contributed by atoms with Crippen LogP contribution in [0.4, 0.5) is 5.69 Å². The number of methoxy groups -OCH3 is 2. The first-order valence-electron chi connectivity index (χ1n) is 10.4. The molecule has 30 heavy (non-hydrogen) atoms. The number of aromatic nitrogens is 3. The van der Waals surface area contributed by atoms with E-state index in [1.54, 1.807) is 14.2 Å². The van der Waals surface area contributed by atoms with E-state index in [1.807, 2.05) is 25.3 Å². The number of aryl methyl sites for hydroxylation is 1. The number of fused-ring (bicyclic) bond motifs is 4. The number of likely N-dealkylation sites (tertiary alicyclic amines) is 1. The highest BCUT2D eigenvalue weighted by Crippen LogP contribution is 2.43. The smallest absolute Gasteiger partial charge is 0.215 e. The van der Waals surface area contributed by atoms with Crippen molar-refractivity contribution in [2.45, 2.75) is 31.8 Å². The molecule has 2 aliphatic rings. The van der Waals surface area contributed by atoms with Crippen molar-refractivity contribution in [1.29, 1.82) is 0 Å². The summed E-state index contributed by atoms with van der Waals surface area (Å²) in [6.07, 6.45) is 4.02. The number of hydrogen-bond acceptors (Lipinski definition) is 6. The number of hydrogen-bond donors (Lipinski definition) is 1. The van der Waals surface area contributed by atoms with Gasteiger partial charge < -0.3 is 14.8 Å². The molecule has 1 saturated heterocycles. The van der Waals surface area contributed by atoms with E-state index in [1.165, 1.54) is 11.3 Å². The van der Waals surface area contributed by atoms with Crippen molar-refractivity contribution < 1.29 is 9.47 Å². The van der Waals surface area contributed by atoms with Gasteiger partial charge in [-0.2, -0.15) is 4.98 Å². The Morgan fingerprint density at radius 2 is 1.93 bits per heavy atom. The van der Waals surface area contributed by atoms with Gasteiger partial charge in [0.05, 0.1) is 37.3 Å². The Bertz CT molecular complexity index is 1070. The molecule has 4 heterocycles. The lowest BCUT2D eigenvalue weighted by Crippen LogP contribution is -2.49. The fourth-order valence-electron chi connectivity index (χ4n) is 4.69. The summed E-state index contributed by atoms with van der Waals surface area (Å²) in [6.45, 7) is 4.98. The number of benzene rings is 1.